The highest BCUT2D eigenvalue weighted by Crippen LogP contribution is 2.30. The summed E-state index contributed by atoms with van der Waals surface area (Å²) in [5.74, 6) is -1.33. The molecule has 1 aliphatic rings. The zero-order valence-electron chi connectivity index (χ0n) is 12.7. The van der Waals surface area contributed by atoms with Crippen molar-refractivity contribution in [1.82, 2.24) is 5.43 Å². The van der Waals surface area contributed by atoms with Gasteiger partial charge in [-0.25, -0.2) is 5.01 Å². The fraction of sp³-hybridized carbons (Fsp3) is 0. The van der Waals surface area contributed by atoms with E-state index >= 15 is 0 Å². The standard InChI is InChI=1S/C16H8Cl3N3O4/c17-12-3-2-10(22(25)26)5-8(12)6-11-15(23)20-21(16(11)24)9-1-4-13(18)14(19)7-9/h1-7H,(H,20,23)/b11-6-. The van der Waals surface area contributed by atoms with E-state index in [1.54, 1.807) is 0 Å². The monoisotopic (exact) mass is 411 g/mol. The minimum absolute atomic E-state index is 0.164. The van der Waals surface area contributed by atoms with Crippen molar-refractivity contribution in [2.24, 2.45) is 0 Å². The Balaban J connectivity index is 1.99. The van der Waals surface area contributed by atoms with Gasteiger partial charge in [0.05, 0.1) is 20.7 Å². The quantitative estimate of drug-likeness (QED) is 0.357. The van der Waals surface area contributed by atoms with Gasteiger partial charge in [-0.3, -0.25) is 25.1 Å². The molecule has 0 radical (unpaired) electrons. The number of amides is 2. The van der Waals surface area contributed by atoms with Gasteiger partial charge in [-0.2, -0.15) is 0 Å². The van der Waals surface area contributed by atoms with Crippen molar-refractivity contribution in [2.75, 3.05) is 5.01 Å². The van der Waals surface area contributed by atoms with Crippen LogP contribution in [-0.4, -0.2) is 16.7 Å². The van der Waals surface area contributed by atoms with Crippen LogP contribution < -0.4 is 10.4 Å². The number of nitro benzene ring substituents is 1. The van der Waals surface area contributed by atoms with Gasteiger partial charge >= 0.3 is 0 Å². The van der Waals surface area contributed by atoms with Gasteiger partial charge in [-0.15, -0.1) is 0 Å². The molecule has 2 amide bonds. The van der Waals surface area contributed by atoms with Gasteiger partial charge < -0.3 is 0 Å². The van der Waals surface area contributed by atoms with E-state index in [-0.39, 0.29) is 26.9 Å². The summed E-state index contributed by atoms with van der Waals surface area (Å²) in [4.78, 5) is 35.0. The van der Waals surface area contributed by atoms with Crippen molar-refractivity contribution >= 4 is 64.1 Å². The Morgan fingerprint density at radius 1 is 1.00 bits per heavy atom. The molecule has 0 aromatic heterocycles. The third kappa shape index (κ3) is 3.37. The number of hydrazine groups is 1. The first-order valence-electron chi connectivity index (χ1n) is 7.04. The van der Waals surface area contributed by atoms with Crippen LogP contribution >= 0.6 is 34.8 Å². The third-order valence-electron chi connectivity index (χ3n) is 3.54. The lowest BCUT2D eigenvalue weighted by molar-refractivity contribution is -0.384. The molecule has 26 heavy (non-hydrogen) atoms. The maximum atomic E-state index is 12.6. The van der Waals surface area contributed by atoms with Gasteiger partial charge in [0.2, 0.25) is 0 Å². The lowest BCUT2D eigenvalue weighted by Gasteiger charge is -2.15. The van der Waals surface area contributed by atoms with Crippen LogP contribution in [0.4, 0.5) is 11.4 Å². The van der Waals surface area contributed by atoms with E-state index in [1.807, 2.05) is 0 Å². The molecule has 0 bridgehead atoms. The van der Waals surface area contributed by atoms with Gasteiger partial charge in [0, 0.05) is 22.7 Å². The summed E-state index contributed by atoms with van der Waals surface area (Å²) in [7, 11) is 0. The average Bonchev–Trinajstić information content (AvgIpc) is 2.87. The number of non-ortho nitro benzene ring substituents is 1. The Morgan fingerprint density at radius 3 is 2.35 bits per heavy atom. The van der Waals surface area contributed by atoms with Gasteiger partial charge in [0.25, 0.3) is 17.5 Å². The number of nitrogens with one attached hydrogen (secondary N) is 1. The van der Waals surface area contributed by atoms with Gasteiger partial charge in [-0.05, 0) is 30.3 Å². The average molecular weight is 413 g/mol. The third-order valence-corrected chi connectivity index (χ3v) is 4.63. The maximum absolute atomic E-state index is 12.6. The van der Waals surface area contributed by atoms with Crippen LogP contribution in [-0.2, 0) is 9.59 Å². The molecule has 0 spiro atoms. The first-order chi connectivity index (χ1) is 12.3. The molecule has 10 heteroatoms. The number of rotatable bonds is 3. The second-order valence-electron chi connectivity index (χ2n) is 5.20. The minimum atomic E-state index is -0.677. The number of nitrogens with zero attached hydrogens (tertiary/aromatic N) is 2. The molecular formula is C16H8Cl3N3O4. The van der Waals surface area contributed by atoms with E-state index in [4.69, 9.17) is 34.8 Å². The first-order valence-corrected chi connectivity index (χ1v) is 8.17. The Labute approximate surface area is 161 Å². The lowest BCUT2D eigenvalue weighted by atomic mass is 10.1. The highest BCUT2D eigenvalue weighted by molar-refractivity contribution is 6.42. The van der Waals surface area contributed by atoms with Gasteiger partial charge in [0.15, 0.2) is 0 Å². The van der Waals surface area contributed by atoms with Crippen LogP contribution in [0.2, 0.25) is 15.1 Å². The Bertz CT molecular complexity index is 991. The summed E-state index contributed by atoms with van der Waals surface area (Å²) in [5, 5.41) is 12.6. The second-order valence-corrected chi connectivity index (χ2v) is 6.42. The SMILES string of the molecule is O=C1NN(c2ccc(Cl)c(Cl)c2)C(=O)/C1=C\c1cc([N+](=O)[O-])ccc1Cl. The largest absolute Gasteiger partial charge is 0.282 e. The lowest BCUT2D eigenvalue weighted by Crippen LogP contribution is -2.35. The molecule has 0 atom stereocenters. The molecule has 0 unspecified atom stereocenters. The van der Waals surface area contributed by atoms with E-state index < -0.39 is 16.7 Å². The number of hydrogen-bond acceptors (Lipinski definition) is 4. The summed E-state index contributed by atoms with van der Waals surface area (Å²) in [6.45, 7) is 0. The number of carbonyl (C=O) groups is 2. The normalized spacial score (nSPS) is 15.5. The maximum Gasteiger partial charge on any atom is 0.282 e. The van der Waals surface area contributed by atoms with Crippen molar-refractivity contribution < 1.29 is 14.5 Å². The summed E-state index contributed by atoms with van der Waals surface area (Å²) in [6, 6.07) is 8.14. The number of carbonyl (C=O) groups excluding carboxylic acids is 2. The number of anilines is 1. The number of halogens is 3. The van der Waals surface area contributed by atoms with E-state index in [1.165, 1.54) is 42.5 Å². The number of nitro groups is 1. The first kappa shape index (κ1) is 18.2. The fourth-order valence-corrected chi connectivity index (χ4v) is 2.74. The Hall–Kier alpha value is -2.61. The molecule has 0 saturated carbocycles. The topological polar surface area (TPSA) is 92.6 Å². The van der Waals surface area contributed by atoms with Crippen LogP contribution in [0.5, 0.6) is 0 Å². The molecule has 1 heterocycles. The Kier molecular flexibility index (Phi) is 4.86. The molecule has 1 fully saturated rings. The van der Waals surface area contributed by atoms with Crippen molar-refractivity contribution in [3.05, 3.63) is 72.7 Å². The highest BCUT2D eigenvalue weighted by atomic mass is 35.5. The number of hydrogen-bond donors (Lipinski definition) is 1. The predicted molar refractivity (Wildman–Crippen MR) is 98.2 cm³/mol. The van der Waals surface area contributed by atoms with E-state index in [0.29, 0.717) is 10.7 Å². The Morgan fingerprint density at radius 2 is 1.69 bits per heavy atom. The molecule has 1 N–H and O–H groups in total. The van der Waals surface area contributed by atoms with Crippen molar-refractivity contribution in [3.8, 4) is 0 Å². The molecular weight excluding hydrogens is 405 g/mol. The zero-order chi connectivity index (χ0) is 19.0. The van der Waals surface area contributed by atoms with Crippen LogP contribution in [0, 0.1) is 10.1 Å². The van der Waals surface area contributed by atoms with E-state index in [2.05, 4.69) is 5.43 Å². The molecule has 0 aliphatic carbocycles. The smallest absolute Gasteiger partial charge is 0.267 e. The van der Waals surface area contributed by atoms with E-state index in [0.717, 1.165) is 5.01 Å². The zero-order valence-corrected chi connectivity index (χ0v) is 15.0. The molecule has 1 saturated heterocycles. The molecule has 3 rings (SSSR count). The minimum Gasteiger partial charge on any atom is -0.267 e. The van der Waals surface area contributed by atoms with Gasteiger partial charge in [0.1, 0.15) is 5.57 Å². The van der Waals surface area contributed by atoms with Crippen molar-refractivity contribution in [1.29, 1.82) is 0 Å². The van der Waals surface area contributed by atoms with Crippen molar-refractivity contribution in [3.63, 3.8) is 0 Å². The van der Waals surface area contributed by atoms with Crippen LogP contribution in [0.25, 0.3) is 6.08 Å². The van der Waals surface area contributed by atoms with Crippen LogP contribution in [0.1, 0.15) is 5.56 Å². The summed E-state index contributed by atoms with van der Waals surface area (Å²) in [6.07, 6.45) is 1.20. The summed E-state index contributed by atoms with van der Waals surface area (Å²) >= 11 is 17.8. The fourth-order valence-electron chi connectivity index (χ4n) is 2.27. The van der Waals surface area contributed by atoms with Gasteiger partial charge in [-0.1, -0.05) is 34.8 Å². The molecule has 2 aromatic carbocycles. The molecule has 7 nitrogen and oxygen atoms in total. The highest BCUT2D eigenvalue weighted by Gasteiger charge is 2.35. The summed E-state index contributed by atoms with van der Waals surface area (Å²) in [5.41, 5.74) is 2.44. The van der Waals surface area contributed by atoms with Crippen LogP contribution in [0.15, 0.2) is 42.0 Å². The molecule has 2 aromatic rings. The van der Waals surface area contributed by atoms with E-state index in [9.17, 15) is 19.7 Å². The summed E-state index contributed by atoms with van der Waals surface area (Å²) < 4.78 is 0. The predicted octanol–water partition coefficient (Wildman–Crippen LogP) is 4.02. The van der Waals surface area contributed by atoms with Crippen LogP contribution in [0.3, 0.4) is 0 Å². The molecule has 1 aliphatic heterocycles. The molecule has 132 valence electrons. The number of benzene rings is 2. The second kappa shape index (κ2) is 6.95. The van der Waals surface area contributed by atoms with Crippen molar-refractivity contribution in [2.45, 2.75) is 0 Å².